The fourth-order valence-electron chi connectivity index (χ4n) is 3.00. The number of allylic oxidation sites excluding steroid dienone is 1. The van der Waals surface area contributed by atoms with E-state index in [1.54, 1.807) is 6.92 Å². The third kappa shape index (κ3) is 5.41. The summed E-state index contributed by atoms with van der Waals surface area (Å²) in [7, 11) is 0. The van der Waals surface area contributed by atoms with Crippen molar-refractivity contribution in [1.82, 2.24) is 15.8 Å². The molecule has 1 heterocycles. The number of aliphatic hydroxyl groups is 1. The molecule has 1 amide bonds. The average molecular weight is 407 g/mol. The Morgan fingerprint density at radius 3 is 2.45 bits per heavy atom. The zero-order valence-corrected chi connectivity index (χ0v) is 16.9. The van der Waals surface area contributed by atoms with Crippen molar-refractivity contribution < 1.29 is 23.5 Å². The Labute approximate surface area is 169 Å². The second kappa shape index (κ2) is 10.2. The summed E-state index contributed by atoms with van der Waals surface area (Å²) in [5, 5.41) is 10.5. The van der Waals surface area contributed by atoms with Crippen molar-refractivity contribution in [2.75, 3.05) is 13.1 Å². The molecule has 1 aliphatic rings. The number of aliphatic hydroxyl groups excluding tert-OH is 1. The van der Waals surface area contributed by atoms with Gasteiger partial charge in [-0.25, -0.2) is 14.2 Å². The summed E-state index contributed by atoms with van der Waals surface area (Å²) in [5.74, 6) is -3.51. The van der Waals surface area contributed by atoms with Gasteiger partial charge < -0.3 is 15.4 Å². The molecule has 0 aliphatic carbocycles. The van der Waals surface area contributed by atoms with Gasteiger partial charge in [0.15, 0.2) is 11.5 Å². The van der Waals surface area contributed by atoms with Crippen LogP contribution >= 0.6 is 0 Å². The first-order valence-electron chi connectivity index (χ1n) is 9.73. The zero-order chi connectivity index (χ0) is 21.6. The van der Waals surface area contributed by atoms with E-state index in [4.69, 9.17) is 0 Å². The number of amides is 1. The lowest BCUT2D eigenvalue weighted by Crippen LogP contribution is -2.47. The van der Waals surface area contributed by atoms with Gasteiger partial charge in [0.05, 0.1) is 0 Å². The number of halogens is 2. The van der Waals surface area contributed by atoms with E-state index < -0.39 is 29.1 Å². The van der Waals surface area contributed by atoms with Crippen LogP contribution in [0, 0.1) is 11.6 Å². The molecule has 0 bridgehead atoms. The molecule has 1 aliphatic heterocycles. The Morgan fingerprint density at radius 2 is 1.86 bits per heavy atom. The molecule has 6 nitrogen and oxygen atoms in total. The lowest BCUT2D eigenvalue weighted by molar-refractivity contribution is -0.128. The monoisotopic (exact) mass is 407 g/mol. The highest BCUT2D eigenvalue weighted by molar-refractivity contribution is 6.12. The van der Waals surface area contributed by atoms with E-state index in [0.29, 0.717) is 6.54 Å². The molecule has 29 heavy (non-hydrogen) atoms. The third-order valence-electron chi connectivity index (χ3n) is 4.97. The van der Waals surface area contributed by atoms with E-state index in [1.807, 2.05) is 13.8 Å². The molecule has 0 saturated heterocycles. The zero-order valence-electron chi connectivity index (χ0n) is 16.9. The predicted molar refractivity (Wildman–Crippen MR) is 106 cm³/mol. The van der Waals surface area contributed by atoms with Crippen LogP contribution in [-0.4, -0.2) is 40.8 Å². The van der Waals surface area contributed by atoms with Gasteiger partial charge in [0.25, 0.3) is 5.91 Å². The van der Waals surface area contributed by atoms with Gasteiger partial charge in [-0.15, -0.1) is 0 Å². The van der Waals surface area contributed by atoms with Crippen LogP contribution in [0.5, 0.6) is 0 Å². The minimum atomic E-state index is -0.776. The van der Waals surface area contributed by atoms with Crippen molar-refractivity contribution in [2.45, 2.75) is 46.1 Å². The number of carbonyl (C=O) groups excluding carboxylic acids is 2. The average Bonchev–Trinajstić information content (AvgIpc) is 2.70. The van der Waals surface area contributed by atoms with Crippen LogP contribution < -0.4 is 10.9 Å². The van der Waals surface area contributed by atoms with Gasteiger partial charge >= 0.3 is 0 Å². The van der Waals surface area contributed by atoms with Crippen LogP contribution in [0.15, 0.2) is 41.3 Å². The number of likely N-dealkylation sites (N-methyl/N-ethyl adjacent to an activating group) is 1. The van der Waals surface area contributed by atoms with Gasteiger partial charge in [0, 0.05) is 37.2 Å². The number of hydrazine groups is 1. The molecule has 8 heteroatoms. The van der Waals surface area contributed by atoms with Crippen molar-refractivity contribution in [3.63, 3.8) is 0 Å². The van der Waals surface area contributed by atoms with Gasteiger partial charge in [-0.2, -0.15) is 0 Å². The maximum Gasteiger partial charge on any atom is 0.275 e. The van der Waals surface area contributed by atoms with Gasteiger partial charge in [0.1, 0.15) is 11.6 Å². The number of carbonyl (C=O) groups is 2. The molecule has 0 aromatic heterocycles. The summed E-state index contributed by atoms with van der Waals surface area (Å²) in [6.45, 7) is 6.20. The number of benzene rings is 1. The van der Waals surface area contributed by atoms with Gasteiger partial charge in [0.2, 0.25) is 5.78 Å². The number of hydrogen-bond donors (Lipinski definition) is 3. The third-order valence-corrected chi connectivity index (χ3v) is 4.97. The smallest absolute Gasteiger partial charge is 0.275 e. The highest BCUT2D eigenvalue weighted by Crippen LogP contribution is 2.20. The Morgan fingerprint density at radius 1 is 1.17 bits per heavy atom. The molecule has 0 saturated carbocycles. The number of hydrogen-bond acceptors (Lipinski definition) is 5. The molecule has 0 fully saturated rings. The molecular weight excluding hydrogens is 380 g/mol. The highest BCUT2D eigenvalue weighted by atomic mass is 19.1. The molecule has 0 radical (unpaired) electrons. The van der Waals surface area contributed by atoms with E-state index in [2.05, 4.69) is 10.9 Å². The van der Waals surface area contributed by atoms with Crippen LogP contribution in [0.25, 0.3) is 0 Å². The topological polar surface area (TPSA) is 81.7 Å². The molecule has 158 valence electrons. The predicted octanol–water partition coefficient (Wildman–Crippen LogP) is 2.92. The highest BCUT2D eigenvalue weighted by Gasteiger charge is 2.29. The van der Waals surface area contributed by atoms with Crippen molar-refractivity contribution in [3.8, 4) is 0 Å². The second-order valence-corrected chi connectivity index (χ2v) is 6.82. The number of nitrogens with zero attached hydrogens (tertiary/aromatic N) is 1. The quantitative estimate of drug-likeness (QED) is 0.578. The summed E-state index contributed by atoms with van der Waals surface area (Å²) >= 11 is 0. The first kappa shape index (κ1) is 22.5. The van der Waals surface area contributed by atoms with Crippen LogP contribution in [0.1, 0.15) is 39.2 Å². The van der Waals surface area contributed by atoms with Crippen molar-refractivity contribution >= 4 is 11.7 Å². The Kier molecular flexibility index (Phi) is 7.90. The molecule has 0 atom stereocenters. The standard InChI is InChI=1S/C21H27F2N3O3/c1-4-16(5-2)24-25-18-20(28)19(27)14(9-10-26(6-3)21(18)29)11-13-7-8-15(22)12-17(13)23/h7-9,12,16,24-25,28H,4-6,10-11H2,1-3H3/b14-9-,20-18+. The Bertz CT molecular complexity index is 832. The number of ketones is 1. The van der Waals surface area contributed by atoms with Crippen LogP contribution in [0.4, 0.5) is 8.78 Å². The Balaban J connectivity index is 2.37. The minimum Gasteiger partial charge on any atom is -0.503 e. The number of Topliss-reactive ketones (excluding diaryl/α,β-unsaturated/α-hetero) is 1. The minimum absolute atomic E-state index is 0.0436. The Hall–Kier alpha value is -2.74. The van der Waals surface area contributed by atoms with E-state index in [0.717, 1.165) is 25.0 Å². The van der Waals surface area contributed by atoms with E-state index in [9.17, 15) is 23.5 Å². The SMILES string of the molecule is CCC(CC)NN/C1=C(/O)C(=O)/C(Cc2ccc(F)cc2F)=C\CN(CC)C1=O. The number of nitrogens with one attached hydrogen (secondary N) is 2. The number of rotatable bonds is 8. The maximum atomic E-state index is 14.0. The van der Waals surface area contributed by atoms with E-state index in [-0.39, 0.29) is 35.8 Å². The summed E-state index contributed by atoms with van der Waals surface area (Å²) in [4.78, 5) is 27.0. The summed E-state index contributed by atoms with van der Waals surface area (Å²) in [6.07, 6.45) is 2.93. The first-order chi connectivity index (χ1) is 13.8. The van der Waals surface area contributed by atoms with E-state index in [1.165, 1.54) is 17.0 Å². The summed E-state index contributed by atoms with van der Waals surface area (Å²) in [6, 6.07) is 3.15. The molecule has 2 rings (SSSR count). The molecule has 1 aromatic rings. The van der Waals surface area contributed by atoms with Crippen LogP contribution in [-0.2, 0) is 16.0 Å². The normalized spacial score (nSPS) is 19.8. The molecular formula is C21H27F2N3O3. The van der Waals surface area contributed by atoms with Crippen LogP contribution in [0.3, 0.4) is 0 Å². The molecule has 1 aromatic carbocycles. The fraction of sp³-hybridized carbons (Fsp3) is 0.429. The maximum absolute atomic E-state index is 14.0. The second-order valence-electron chi connectivity index (χ2n) is 6.82. The summed E-state index contributed by atoms with van der Waals surface area (Å²) < 4.78 is 27.2. The fourth-order valence-corrected chi connectivity index (χ4v) is 3.00. The van der Waals surface area contributed by atoms with Gasteiger partial charge in [-0.1, -0.05) is 26.0 Å². The lowest BCUT2D eigenvalue weighted by atomic mass is 9.97. The van der Waals surface area contributed by atoms with Gasteiger partial charge in [-0.3, -0.25) is 9.59 Å². The molecule has 3 N–H and O–H groups in total. The van der Waals surface area contributed by atoms with Crippen molar-refractivity contribution in [1.29, 1.82) is 0 Å². The van der Waals surface area contributed by atoms with Gasteiger partial charge in [-0.05, 0) is 31.4 Å². The molecule has 0 spiro atoms. The summed E-state index contributed by atoms with van der Waals surface area (Å²) in [5.41, 5.74) is 5.67. The first-order valence-corrected chi connectivity index (χ1v) is 9.73. The largest absolute Gasteiger partial charge is 0.503 e. The molecule has 0 unspecified atom stereocenters. The van der Waals surface area contributed by atoms with Crippen LogP contribution in [0.2, 0.25) is 0 Å². The van der Waals surface area contributed by atoms with Crippen molar-refractivity contribution in [3.05, 3.63) is 58.5 Å². The van der Waals surface area contributed by atoms with Crippen molar-refractivity contribution in [2.24, 2.45) is 0 Å². The lowest BCUT2D eigenvalue weighted by Gasteiger charge is -2.26. The van der Waals surface area contributed by atoms with E-state index >= 15 is 0 Å².